The van der Waals surface area contributed by atoms with Crippen LogP contribution in [0, 0.1) is 28.4 Å². The Balaban J connectivity index is 1.77. The number of aryl methyl sites for hydroxylation is 1. The van der Waals surface area contributed by atoms with Gasteiger partial charge in [0.05, 0.1) is 16.6 Å². The van der Waals surface area contributed by atoms with Crippen molar-refractivity contribution >= 4 is 11.4 Å². The summed E-state index contributed by atoms with van der Waals surface area (Å²) >= 11 is 0. The molecule has 0 aliphatic carbocycles. The molecule has 10 heteroatoms. The first-order valence-electron chi connectivity index (χ1n) is 11.4. The molecule has 1 unspecified atom stereocenters. The molecule has 1 atom stereocenters. The van der Waals surface area contributed by atoms with Crippen molar-refractivity contribution in [2.45, 2.75) is 19.7 Å². The van der Waals surface area contributed by atoms with Gasteiger partial charge in [0.25, 0.3) is 12.2 Å². The zero-order valence-corrected chi connectivity index (χ0v) is 20.7. The van der Waals surface area contributed by atoms with E-state index in [0.29, 0.717) is 16.9 Å². The van der Waals surface area contributed by atoms with Crippen LogP contribution in [-0.2, 0) is 6.42 Å². The third kappa shape index (κ3) is 5.69. The minimum Gasteiger partial charge on any atom is -0.449 e. The van der Waals surface area contributed by atoms with Gasteiger partial charge in [0.15, 0.2) is 0 Å². The maximum Gasteiger partial charge on any atom is 0.352 e. The lowest BCUT2D eigenvalue weighted by molar-refractivity contribution is -0.420. The van der Waals surface area contributed by atoms with Crippen LogP contribution in [0.2, 0.25) is 0 Å². The van der Waals surface area contributed by atoms with Crippen LogP contribution >= 0.6 is 0 Å². The van der Waals surface area contributed by atoms with Crippen LogP contribution in [0.15, 0.2) is 89.4 Å². The molecule has 3 aromatic carbocycles. The Morgan fingerprint density at radius 1 is 1.11 bits per heavy atom. The third-order valence-electron chi connectivity index (χ3n) is 5.72. The Morgan fingerprint density at radius 3 is 2.51 bits per heavy atom. The smallest absolute Gasteiger partial charge is 0.352 e. The molecule has 0 saturated heterocycles. The largest absolute Gasteiger partial charge is 0.449 e. The highest BCUT2D eigenvalue weighted by Crippen LogP contribution is 2.29. The summed E-state index contributed by atoms with van der Waals surface area (Å²) in [5.74, 6) is 6.89. The van der Waals surface area contributed by atoms with Crippen molar-refractivity contribution in [3.63, 3.8) is 0 Å². The first-order valence-corrected chi connectivity index (χ1v) is 11.4. The Kier molecular flexibility index (Phi) is 7.36. The standard InChI is InChI=1S/C27H26N6O4/c1-18-14-23(13-12-20(18)17-28)36-26-25(33(34)35)24(15-19-8-5-4-6-9-19)30-27(32(26)29)37-22-11-7-10-21(16-22)31(2)3/h4-14,16,27H,15,29H2,1-3H3. The van der Waals surface area contributed by atoms with Crippen molar-refractivity contribution in [2.24, 2.45) is 10.8 Å². The van der Waals surface area contributed by atoms with Crippen molar-refractivity contribution < 1.29 is 14.4 Å². The predicted molar refractivity (Wildman–Crippen MR) is 139 cm³/mol. The maximum atomic E-state index is 12.3. The second-order valence-corrected chi connectivity index (χ2v) is 8.58. The molecule has 0 bridgehead atoms. The van der Waals surface area contributed by atoms with Crippen LogP contribution in [0.1, 0.15) is 16.7 Å². The minimum absolute atomic E-state index is 0.159. The first-order chi connectivity index (χ1) is 17.8. The molecule has 4 rings (SSSR count). The lowest BCUT2D eigenvalue weighted by Crippen LogP contribution is -2.49. The van der Waals surface area contributed by atoms with Crippen LogP contribution in [0.4, 0.5) is 5.69 Å². The summed E-state index contributed by atoms with van der Waals surface area (Å²) in [5.41, 5.74) is 2.65. The van der Waals surface area contributed by atoms with Crippen LogP contribution < -0.4 is 20.2 Å². The molecule has 2 N–H and O–H groups in total. The Hall–Kier alpha value is -4.88. The van der Waals surface area contributed by atoms with Gasteiger partial charge in [0.2, 0.25) is 0 Å². The van der Waals surface area contributed by atoms with E-state index in [9.17, 15) is 15.4 Å². The van der Waals surface area contributed by atoms with E-state index in [4.69, 9.17) is 15.3 Å². The molecule has 0 fully saturated rings. The number of nitrogens with zero attached hydrogens (tertiary/aromatic N) is 5. The molecule has 0 spiro atoms. The van der Waals surface area contributed by atoms with Gasteiger partial charge in [-0.2, -0.15) is 5.26 Å². The third-order valence-corrected chi connectivity index (χ3v) is 5.72. The van der Waals surface area contributed by atoms with E-state index in [-0.39, 0.29) is 29.5 Å². The summed E-state index contributed by atoms with van der Waals surface area (Å²) in [6.45, 7) is 1.75. The van der Waals surface area contributed by atoms with Crippen molar-refractivity contribution in [3.8, 4) is 17.6 Å². The molecule has 1 aliphatic heterocycles. The summed E-state index contributed by atoms with van der Waals surface area (Å²) in [4.78, 5) is 18.2. The number of aliphatic imine (C=N–C) groups is 1. The van der Waals surface area contributed by atoms with Crippen molar-refractivity contribution in [2.75, 3.05) is 19.0 Å². The van der Waals surface area contributed by atoms with Crippen molar-refractivity contribution in [1.29, 1.82) is 5.26 Å². The number of hydrazine groups is 1. The monoisotopic (exact) mass is 498 g/mol. The quantitative estimate of drug-likeness (QED) is 0.280. The van der Waals surface area contributed by atoms with E-state index < -0.39 is 11.3 Å². The van der Waals surface area contributed by atoms with E-state index >= 15 is 0 Å². The number of anilines is 1. The van der Waals surface area contributed by atoms with E-state index in [2.05, 4.69) is 11.1 Å². The lowest BCUT2D eigenvalue weighted by Gasteiger charge is -2.31. The number of rotatable bonds is 8. The van der Waals surface area contributed by atoms with Gasteiger partial charge in [-0.05, 0) is 48.4 Å². The molecule has 188 valence electrons. The molecule has 1 aliphatic rings. The topological polar surface area (TPSA) is 130 Å². The molecular formula is C27H26N6O4. The van der Waals surface area contributed by atoms with Gasteiger partial charge in [-0.3, -0.25) is 10.1 Å². The number of benzene rings is 3. The highest BCUT2D eigenvalue weighted by atomic mass is 16.6. The summed E-state index contributed by atoms with van der Waals surface area (Å²) in [7, 11) is 3.81. The molecule has 10 nitrogen and oxygen atoms in total. The fraction of sp³-hybridized carbons (Fsp3) is 0.185. The number of hydrogen-bond acceptors (Lipinski definition) is 9. The van der Waals surface area contributed by atoms with Crippen LogP contribution in [0.25, 0.3) is 0 Å². The highest BCUT2D eigenvalue weighted by Gasteiger charge is 2.39. The Bertz CT molecular complexity index is 1410. The van der Waals surface area contributed by atoms with Crippen molar-refractivity contribution in [1.82, 2.24) is 5.01 Å². The van der Waals surface area contributed by atoms with Gasteiger partial charge >= 0.3 is 5.70 Å². The SMILES string of the molecule is Cc1cc(OC2=C([N+](=O)[O-])C(Cc3ccccc3)=NC(Oc3cccc(N(C)C)c3)N2N)ccc1C#N. The molecule has 0 saturated carbocycles. The molecule has 0 amide bonds. The fourth-order valence-electron chi connectivity index (χ4n) is 3.78. The summed E-state index contributed by atoms with van der Waals surface area (Å²) in [6.07, 6.45) is -0.962. The number of ether oxygens (including phenoxy) is 2. The lowest BCUT2D eigenvalue weighted by atomic mass is 10.1. The van der Waals surface area contributed by atoms with Crippen LogP contribution in [-0.4, -0.2) is 36.1 Å². The van der Waals surface area contributed by atoms with Gasteiger partial charge in [-0.1, -0.05) is 36.4 Å². The van der Waals surface area contributed by atoms with Gasteiger partial charge in [0, 0.05) is 32.3 Å². The van der Waals surface area contributed by atoms with E-state index in [1.165, 1.54) is 0 Å². The number of nitrogens with two attached hydrogens (primary N) is 1. The fourth-order valence-corrected chi connectivity index (χ4v) is 3.78. The molecule has 0 aromatic heterocycles. The Morgan fingerprint density at radius 2 is 1.86 bits per heavy atom. The molecular weight excluding hydrogens is 472 g/mol. The molecule has 37 heavy (non-hydrogen) atoms. The van der Waals surface area contributed by atoms with Gasteiger partial charge in [-0.15, -0.1) is 0 Å². The zero-order valence-electron chi connectivity index (χ0n) is 20.7. The second kappa shape index (κ2) is 10.8. The Labute approximate surface area is 214 Å². The van der Waals surface area contributed by atoms with Gasteiger partial charge in [0.1, 0.15) is 17.2 Å². The number of allylic oxidation sites excluding steroid dienone is 1. The predicted octanol–water partition coefficient (Wildman–Crippen LogP) is 3.99. The van der Waals surface area contributed by atoms with E-state index in [1.807, 2.05) is 67.5 Å². The number of hydrogen-bond donors (Lipinski definition) is 1. The zero-order chi connectivity index (χ0) is 26.5. The van der Waals surface area contributed by atoms with Gasteiger partial charge in [-0.25, -0.2) is 15.8 Å². The molecule has 0 radical (unpaired) electrons. The summed E-state index contributed by atoms with van der Waals surface area (Å²) in [5, 5.41) is 22.5. The summed E-state index contributed by atoms with van der Waals surface area (Å²) in [6, 6.07) is 23.5. The highest BCUT2D eigenvalue weighted by molar-refractivity contribution is 6.00. The van der Waals surface area contributed by atoms with E-state index in [0.717, 1.165) is 16.3 Å². The average Bonchev–Trinajstić information content (AvgIpc) is 2.87. The minimum atomic E-state index is -1.13. The van der Waals surface area contributed by atoms with Crippen molar-refractivity contribution in [3.05, 3.63) is 111 Å². The normalized spacial score (nSPS) is 15.1. The van der Waals surface area contributed by atoms with Crippen LogP contribution in [0.3, 0.4) is 0 Å². The van der Waals surface area contributed by atoms with Crippen LogP contribution in [0.5, 0.6) is 11.5 Å². The first kappa shape index (κ1) is 25.2. The summed E-state index contributed by atoms with van der Waals surface area (Å²) < 4.78 is 12.1. The number of nitro groups is 1. The number of nitriles is 1. The van der Waals surface area contributed by atoms with Gasteiger partial charge < -0.3 is 14.4 Å². The maximum absolute atomic E-state index is 12.3. The molecule has 3 aromatic rings. The average molecular weight is 499 g/mol. The van der Waals surface area contributed by atoms with E-state index in [1.54, 1.807) is 31.2 Å². The second-order valence-electron chi connectivity index (χ2n) is 8.58. The molecule has 1 heterocycles.